The highest BCUT2D eigenvalue weighted by Gasteiger charge is 2.66. The molecule has 2 fully saturated rings. The van der Waals surface area contributed by atoms with Crippen LogP contribution in [0.25, 0.3) is 33.5 Å². The fourth-order valence-corrected chi connectivity index (χ4v) is 8.07. The first-order valence-corrected chi connectivity index (χ1v) is 18.9. The minimum absolute atomic E-state index is 0.00836. The molecule has 0 radical (unpaired) electrons. The van der Waals surface area contributed by atoms with Crippen molar-refractivity contribution in [1.82, 2.24) is 59.5 Å². The number of halogens is 8. The lowest BCUT2D eigenvalue weighted by molar-refractivity contribution is -0.143. The fourth-order valence-electron chi connectivity index (χ4n) is 8.07. The summed E-state index contributed by atoms with van der Waals surface area (Å²) in [6.45, 7) is 1.25. The van der Waals surface area contributed by atoms with Gasteiger partial charge in [0.25, 0.3) is 0 Å². The van der Waals surface area contributed by atoms with Gasteiger partial charge in [0, 0.05) is 73.4 Å². The molecule has 320 valence electrons. The van der Waals surface area contributed by atoms with Crippen LogP contribution >= 0.6 is 0 Å². The van der Waals surface area contributed by atoms with Crippen LogP contribution in [-0.2, 0) is 42.0 Å². The second-order valence-electron chi connectivity index (χ2n) is 16.0. The Labute approximate surface area is 341 Å². The number of aromatic nitrogens is 10. The van der Waals surface area contributed by atoms with Gasteiger partial charge in [0.1, 0.15) is 17.6 Å². The number of rotatable bonds is 11. The second-order valence-corrected chi connectivity index (χ2v) is 16.0. The Kier molecular flexibility index (Phi) is 9.96. The van der Waals surface area contributed by atoms with Gasteiger partial charge in [-0.3, -0.25) is 19.0 Å². The number of nitrogens with one attached hydrogen (secondary N) is 1. The topological polar surface area (TPSA) is 154 Å². The lowest BCUT2D eigenvalue weighted by Crippen LogP contribution is -2.56. The average Bonchev–Trinajstić information content (AvgIpc) is 3.59. The largest absolute Gasteiger partial charge is 0.435 e. The van der Waals surface area contributed by atoms with E-state index in [1.54, 1.807) is 26.2 Å². The number of hydrogen-bond donors (Lipinski definition) is 1. The van der Waals surface area contributed by atoms with E-state index in [0.29, 0.717) is 27.1 Å². The molecular weight excluding hydrogens is 820 g/mol. The Morgan fingerprint density at radius 2 is 1.67 bits per heavy atom. The van der Waals surface area contributed by atoms with Gasteiger partial charge in [0.2, 0.25) is 11.8 Å². The maximum Gasteiger partial charge on any atom is 0.435 e. The number of alkyl halides is 8. The first-order valence-electron chi connectivity index (χ1n) is 18.9. The Balaban J connectivity index is 1.07. The van der Waals surface area contributed by atoms with E-state index in [1.165, 1.54) is 54.2 Å². The van der Waals surface area contributed by atoms with Crippen molar-refractivity contribution in [3.8, 4) is 22.5 Å². The summed E-state index contributed by atoms with van der Waals surface area (Å²) in [5.74, 6) is -1.93. The van der Waals surface area contributed by atoms with Crippen LogP contribution in [0.5, 0.6) is 0 Å². The third kappa shape index (κ3) is 8.01. The highest BCUT2D eigenvalue weighted by Crippen LogP contribution is 2.66. The number of carbonyl (C=O) groups is 2. The van der Waals surface area contributed by atoms with E-state index in [9.17, 15) is 44.7 Å². The van der Waals surface area contributed by atoms with Crippen LogP contribution in [0.15, 0.2) is 61.4 Å². The maximum absolute atomic E-state index is 14.7. The molecule has 0 aromatic carbocycles. The normalized spacial score (nSPS) is 18.8. The van der Waals surface area contributed by atoms with Gasteiger partial charge in [-0.15, -0.1) is 0 Å². The van der Waals surface area contributed by atoms with Crippen molar-refractivity contribution < 1.29 is 44.7 Å². The number of fused-ring (bicyclic) bond motifs is 1. The summed E-state index contributed by atoms with van der Waals surface area (Å²) in [7, 11) is 1.68. The summed E-state index contributed by atoms with van der Waals surface area (Å²) >= 11 is 0. The van der Waals surface area contributed by atoms with Crippen molar-refractivity contribution in [3.63, 3.8) is 0 Å². The Hall–Kier alpha value is -6.35. The number of pyridine rings is 2. The van der Waals surface area contributed by atoms with Gasteiger partial charge >= 0.3 is 18.9 Å². The molecule has 6 aromatic rings. The molecule has 1 saturated heterocycles. The number of aryl methyl sites for hydroxylation is 2. The fraction of sp³-hybridized carbons (Fsp3) is 0.410. The molecule has 2 amide bonds. The predicted octanol–water partition coefficient (Wildman–Crippen LogP) is 6.53. The van der Waals surface area contributed by atoms with E-state index in [1.807, 2.05) is 0 Å². The van der Waals surface area contributed by atoms with Gasteiger partial charge in [-0.1, -0.05) is 6.07 Å². The van der Waals surface area contributed by atoms with Gasteiger partial charge in [0.15, 0.2) is 11.3 Å². The Morgan fingerprint density at radius 1 is 0.951 bits per heavy atom. The summed E-state index contributed by atoms with van der Waals surface area (Å²) < 4.78 is 116. The van der Waals surface area contributed by atoms with Crippen LogP contribution < -0.4 is 5.32 Å². The standard InChI is InChI=1S/C39H36F8N12O2/c1-20-48-15-24(16-49-20)28-11-30(38(42,43)44)54-59(28)19-36(2,3)53-33(60)29(9-21-13-51-58(17-21)35(40)41)57-8-7-37(34(57)61)12-26(37)25-5-6-27(52-31(25)39(45,46)47)22-10-23-18-56(4)55-32(23)50-14-22/h5-6,10-11,13-18,26,29,35H,7-9,12,19H2,1-4H3,(H,53,60)/t26?,29-,37?/m1/s1. The molecule has 1 aliphatic carbocycles. The lowest BCUT2D eigenvalue weighted by Gasteiger charge is -2.33. The molecule has 2 aliphatic rings. The van der Waals surface area contributed by atoms with Crippen molar-refractivity contribution in [3.05, 3.63) is 89.8 Å². The highest BCUT2D eigenvalue weighted by atomic mass is 19.4. The van der Waals surface area contributed by atoms with Crippen LogP contribution in [0.2, 0.25) is 0 Å². The number of likely N-dealkylation sites (tertiary alicyclic amines) is 1. The molecule has 0 bridgehead atoms. The molecule has 6 aromatic heterocycles. The van der Waals surface area contributed by atoms with E-state index in [2.05, 4.69) is 40.5 Å². The number of hydrogen-bond acceptors (Lipinski definition) is 9. The molecule has 14 nitrogen and oxygen atoms in total. The predicted molar refractivity (Wildman–Crippen MR) is 199 cm³/mol. The van der Waals surface area contributed by atoms with Crippen LogP contribution in [0.1, 0.15) is 67.5 Å². The lowest BCUT2D eigenvalue weighted by atomic mass is 9.95. The molecule has 3 atom stereocenters. The second kappa shape index (κ2) is 14.7. The summed E-state index contributed by atoms with van der Waals surface area (Å²) in [5.41, 5.74) is -4.09. The van der Waals surface area contributed by atoms with Gasteiger partial charge in [0.05, 0.1) is 35.1 Å². The third-order valence-electron chi connectivity index (χ3n) is 11.0. The molecule has 7 heterocycles. The van der Waals surface area contributed by atoms with Crippen molar-refractivity contribution in [2.75, 3.05) is 6.54 Å². The minimum Gasteiger partial charge on any atom is -0.348 e. The summed E-state index contributed by atoms with van der Waals surface area (Å²) in [6, 6.07) is 3.80. The Bertz CT molecular complexity index is 2650. The first-order chi connectivity index (χ1) is 28.6. The SMILES string of the molecule is Cc1ncc(-c2cc(C(F)(F)F)nn2CC(C)(C)NC(=O)[C@@H](Cc2cnn(C(F)F)c2)N2CCC3(CC3c3ccc(-c4cnc5nn(C)cc5c4)nc3C(F)(F)F)C2=O)cn1. The quantitative estimate of drug-likeness (QED) is 0.143. The van der Waals surface area contributed by atoms with E-state index in [4.69, 9.17) is 0 Å². The molecule has 22 heteroatoms. The third-order valence-corrected chi connectivity index (χ3v) is 11.0. The zero-order valence-electron chi connectivity index (χ0n) is 32.8. The summed E-state index contributed by atoms with van der Waals surface area (Å²) in [6.07, 6.45) is -2.09. The first kappa shape index (κ1) is 41.4. The molecular formula is C39H36F8N12O2. The molecule has 61 heavy (non-hydrogen) atoms. The van der Waals surface area contributed by atoms with Gasteiger partial charge in [-0.2, -0.15) is 50.4 Å². The van der Waals surface area contributed by atoms with Crippen LogP contribution in [0, 0.1) is 12.3 Å². The monoisotopic (exact) mass is 856 g/mol. The maximum atomic E-state index is 14.7. The van der Waals surface area contributed by atoms with E-state index < -0.39 is 65.0 Å². The summed E-state index contributed by atoms with van der Waals surface area (Å²) in [5, 5.41) is 15.0. The van der Waals surface area contributed by atoms with E-state index in [-0.39, 0.29) is 60.4 Å². The Morgan fingerprint density at radius 3 is 2.34 bits per heavy atom. The molecule has 1 N–H and O–H groups in total. The number of nitrogens with zero attached hydrogens (tertiary/aromatic N) is 11. The highest BCUT2D eigenvalue weighted by molar-refractivity contribution is 5.95. The van der Waals surface area contributed by atoms with Crippen molar-refractivity contribution in [2.45, 2.75) is 83.0 Å². The van der Waals surface area contributed by atoms with Crippen LogP contribution in [-0.4, -0.2) is 84.1 Å². The zero-order chi connectivity index (χ0) is 43.8. The zero-order valence-corrected chi connectivity index (χ0v) is 32.8. The molecule has 1 spiro atoms. The van der Waals surface area contributed by atoms with Crippen LogP contribution in [0.3, 0.4) is 0 Å². The molecule has 1 saturated carbocycles. The molecule has 8 rings (SSSR count). The van der Waals surface area contributed by atoms with Crippen molar-refractivity contribution in [2.24, 2.45) is 12.5 Å². The molecule has 2 unspecified atom stereocenters. The van der Waals surface area contributed by atoms with Crippen LogP contribution in [0.4, 0.5) is 35.1 Å². The van der Waals surface area contributed by atoms with Gasteiger partial charge in [-0.25, -0.2) is 24.6 Å². The number of carbonyl (C=O) groups excluding carboxylic acids is 2. The minimum atomic E-state index is -4.90. The van der Waals surface area contributed by atoms with Crippen molar-refractivity contribution >= 4 is 22.8 Å². The van der Waals surface area contributed by atoms with Crippen molar-refractivity contribution in [1.29, 1.82) is 0 Å². The smallest absolute Gasteiger partial charge is 0.348 e. The van der Waals surface area contributed by atoms with E-state index in [0.717, 1.165) is 23.1 Å². The summed E-state index contributed by atoms with van der Waals surface area (Å²) in [4.78, 5) is 46.4. The number of amides is 2. The van der Waals surface area contributed by atoms with Gasteiger partial charge < -0.3 is 10.2 Å². The van der Waals surface area contributed by atoms with Gasteiger partial charge in [-0.05, 0) is 62.9 Å². The van der Waals surface area contributed by atoms with E-state index >= 15 is 0 Å². The average molecular weight is 857 g/mol. The molecule has 1 aliphatic heterocycles.